The molecular formula is C12H16BN2O2. The monoisotopic (exact) mass is 231 g/mol. The van der Waals surface area contributed by atoms with Crippen LogP contribution >= 0.6 is 0 Å². The van der Waals surface area contributed by atoms with Crippen molar-refractivity contribution in [3.05, 3.63) is 35.4 Å². The van der Waals surface area contributed by atoms with Crippen LogP contribution in [0.3, 0.4) is 0 Å². The van der Waals surface area contributed by atoms with E-state index in [9.17, 15) is 9.90 Å². The lowest BCUT2D eigenvalue weighted by atomic mass is 9.82. The summed E-state index contributed by atoms with van der Waals surface area (Å²) in [4.78, 5) is 12.5. The molecule has 1 radical (unpaired) electrons. The van der Waals surface area contributed by atoms with E-state index >= 15 is 0 Å². The lowest BCUT2D eigenvalue weighted by molar-refractivity contribution is 0.0878. The van der Waals surface area contributed by atoms with Gasteiger partial charge in [-0.3, -0.25) is 0 Å². The molecule has 1 aliphatic rings. The first-order valence-corrected chi connectivity index (χ1v) is 5.75. The molecule has 1 aromatic carbocycles. The second-order valence-corrected chi connectivity index (χ2v) is 4.30. The Balaban J connectivity index is 2.24. The summed E-state index contributed by atoms with van der Waals surface area (Å²) in [5, 5.41) is 9.90. The van der Waals surface area contributed by atoms with Gasteiger partial charge in [0.1, 0.15) is 0 Å². The summed E-state index contributed by atoms with van der Waals surface area (Å²) in [6, 6.07) is 7.97. The fraction of sp³-hybridized carbons (Fsp3) is 0.417. The van der Waals surface area contributed by atoms with Crippen LogP contribution in [0.1, 0.15) is 11.1 Å². The van der Waals surface area contributed by atoms with E-state index in [1.807, 2.05) is 23.0 Å². The Labute approximate surface area is 102 Å². The Bertz CT molecular complexity index is 400. The van der Waals surface area contributed by atoms with Crippen molar-refractivity contribution < 1.29 is 9.90 Å². The largest absolute Gasteiger partial charge is 0.390 e. The average molecular weight is 231 g/mol. The predicted molar refractivity (Wildman–Crippen MR) is 67.0 cm³/mol. The zero-order chi connectivity index (χ0) is 12.3. The molecule has 1 aromatic rings. The minimum Gasteiger partial charge on any atom is -0.390 e. The van der Waals surface area contributed by atoms with Gasteiger partial charge < -0.3 is 20.4 Å². The number of hydrogen-bond donors (Lipinski definition) is 2. The molecule has 0 bridgehead atoms. The van der Waals surface area contributed by atoms with Gasteiger partial charge in [0.25, 0.3) is 7.41 Å². The third kappa shape index (κ3) is 2.57. The molecule has 0 aliphatic carbocycles. The Morgan fingerprint density at radius 1 is 1.53 bits per heavy atom. The van der Waals surface area contributed by atoms with Crippen molar-refractivity contribution in [1.29, 1.82) is 0 Å². The van der Waals surface area contributed by atoms with Crippen molar-refractivity contribution in [1.82, 2.24) is 4.81 Å². The Hall–Kier alpha value is -1.17. The molecule has 3 N–H and O–H groups in total. The maximum absolute atomic E-state index is 10.6. The van der Waals surface area contributed by atoms with Gasteiger partial charge in [0, 0.05) is 19.1 Å². The number of aliphatic hydroxyl groups excluding tert-OH is 1. The number of nitrogens with zero attached hydrogens (tertiary/aromatic N) is 1. The number of hydrogen-bond acceptors (Lipinski definition) is 4. The lowest BCUT2D eigenvalue weighted by Crippen LogP contribution is -2.51. The van der Waals surface area contributed by atoms with E-state index in [0.29, 0.717) is 6.54 Å². The van der Waals surface area contributed by atoms with E-state index in [-0.39, 0.29) is 12.6 Å². The Kier molecular flexibility index (Phi) is 3.94. The number of nitrogens with two attached hydrogens (primary N) is 1. The SMILES string of the molecule is NC[C@@H](O)[C@@H]1Cc2ccccc2CN1[B]C=O. The highest BCUT2D eigenvalue weighted by molar-refractivity contribution is 6.64. The number of rotatable bonds is 4. The average Bonchev–Trinajstić information content (AvgIpc) is 2.37. The summed E-state index contributed by atoms with van der Waals surface area (Å²) in [6.45, 7) is 0.854. The van der Waals surface area contributed by atoms with E-state index in [2.05, 4.69) is 6.07 Å². The number of fused-ring (bicyclic) bond motifs is 1. The van der Waals surface area contributed by atoms with Crippen LogP contribution in [-0.4, -0.2) is 42.2 Å². The van der Waals surface area contributed by atoms with E-state index in [4.69, 9.17) is 5.73 Å². The van der Waals surface area contributed by atoms with Crippen molar-refractivity contribution in [2.45, 2.75) is 25.1 Å². The maximum Gasteiger partial charge on any atom is 0.293 e. The highest BCUT2D eigenvalue weighted by atomic mass is 16.3. The molecule has 17 heavy (non-hydrogen) atoms. The predicted octanol–water partition coefficient (Wildman–Crippen LogP) is -0.458. The molecule has 2 atom stereocenters. The molecule has 0 amide bonds. The molecule has 0 saturated carbocycles. The number of carbonyl (C=O) groups is 1. The third-order valence-electron chi connectivity index (χ3n) is 3.26. The normalized spacial score (nSPS) is 21.6. The zero-order valence-electron chi connectivity index (χ0n) is 9.62. The highest BCUT2D eigenvalue weighted by Crippen LogP contribution is 2.23. The lowest BCUT2D eigenvalue weighted by Gasteiger charge is -2.38. The van der Waals surface area contributed by atoms with Crippen LogP contribution in [0.2, 0.25) is 0 Å². The molecule has 4 nitrogen and oxygen atoms in total. The van der Waals surface area contributed by atoms with Crippen molar-refractivity contribution in [2.24, 2.45) is 5.73 Å². The number of benzene rings is 1. The molecule has 0 spiro atoms. The summed E-state index contributed by atoms with van der Waals surface area (Å²) >= 11 is 0. The topological polar surface area (TPSA) is 66.6 Å². The highest BCUT2D eigenvalue weighted by Gasteiger charge is 2.30. The fourth-order valence-electron chi connectivity index (χ4n) is 2.32. The fourth-order valence-corrected chi connectivity index (χ4v) is 2.32. The van der Waals surface area contributed by atoms with Gasteiger partial charge in [-0.2, -0.15) is 0 Å². The molecule has 2 rings (SSSR count). The quantitative estimate of drug-likeness (QED) is 0.543. The van der Waals surface area contributed by atoms with Gasteiger partial charge >= 0.3 is 0 Å². The summed E-state index contributed by atoms with van der Waals surface area (Å²) in [5.74, 6) is 0. The first kappa shape index (κ1) is 12.3. The van der Waals surface area contributed by atoms with Gasteiger partial charge in [0.2, 0.25) is 0 Å². The van der Waals surface area contributed by atoms with Crippen LogP contribution in [0.5, 0.6) is 0 Å². The summed E-state index contributed by atoms with van der Waals surface area (Å²) in [5.41, 5.74) is 7.93. The first-order valence-electron chi connectivity index (χ1n) is 5.75. The van der Waals surface area contributed by atoms with Crippen LogP contribution in [0.15, 0.2) is 24.3 Å². The van der Waals surface area contributed by atoms with E-state index < -0.39 is 6.10 Å². The van der Waals surface area contributed by atoms with Gasteiger partial charge in [-0.15, -0.1) is 0 Å². The molecule has 0 fully saturated rings. The molecule has 0 saturated heterocycles. The van der Waals surface area contributed by atoms with Crippen molar-refractivity contribution in [3.63, 3.8) is 0 Å². The van der Waals surface area contributed by atoms with E-state index in [1.165, 1.54) is 18.5 Å². The molecule has 0 unspecified atom stereocenters. The molecule has 1 heterocycles. The molecule has 5 heteroatoms. The van der Waals surface area contributed by atoms with Gasteiger partial charge in [-0.25, -0.2) is 0 Å². The molecular weight excluding hydrogens is 215 g/mol. The first-order chi connectivity index (χ1) is 8.26. The van der Waals surface area contributed by atoms with Crippen molar-refractivity contribution in [3.8, 4) is 0 Å². The van der Waals surface area contributed by atoms with Crippen LogP contribution in [-0.2, 0) is 17.8 Å². The standard InChI is InChI=1S/C12H16BN2O2/c14-6-12(17)11-5-9-3-1-2-4-10(9)7-15(11)13-8-16/h1-4,8,11-12,17H,5-7,14H2/t11-,12+/m0/s1. The second-order valence-electron chi connectivity index (χ2n) is 4.30. The smallest absolute Gasteiger partial charge is 0.293 e. The minimum atomic E-state index is -0.612. The van der Waals surface area contributed by atoms with Crippen LogP contribution < -0.4 is 5.73 Å². The molecule has 0 aromatic heterocycles. The summed E-state index contributed by atoms with van der Waals surface area (Å²) in [7, 11) is 1.49. The molecule has 89 valence electrons. The van der Waals surface area contributed by atoms with Gasteiger partial charge in [0.15, 0.2) is 0 Å². The number of aliphatic hydroxyl groups is 1. The van der Waals surface area contributed by atoms with Gasteiger partial charge in [0.05, 0.1) is 12.3 Å². The van der Waals surface area contributed by atoms with Crippen LogP contribution in [0.4, 0.5) is 0 Å². The van der Waals surface area contributed by atoms with Crippen molar-refractivity contribution in [2.75, 3.05) is 6.54 Å². The van der Waals surface area contributed by atoms with E-state index in [1.54, 1.807) is 0 Å². The van der Waals surface area contributed by atoms with Crippen LogP contribution in [0.25, 0.3) is 0 Å². The summed E-state index contributed by atoms with van der Waals surface area (Å²) in [6.07, 6.45) is 0.864. The second kappa shape index (κ2) is 5.45. The van der Waals surface area contributed by atoms with E-state index in [0.717, 1.165) is 12.6 Å². The maximum atomic E-state index is 10.6. The van der Waals surface area contributed by atoms with Gasteiger partial charge in [-0.1, -0.05) is 24.3 Å². The number of carbonyl (C=O) groups excluding carboxylic acids is 1. The summed E-state index contributed by atoms with van der Waals surface area (Å²) < 4.78 is 0. The Morgan fingerprint density at radius 2 is 2.24 bits per heavy atom. The van der Waals surface area contributed by atoms with Crippen LogP contribution in [0, 0.1) is 0 Å². The zero-order valence-corrected chi connectivity index (χ0v) is 9.62. The molecule has 1 aliphatic heterocycles. The minimum absolute atomic E-state index is 0.111. The third-order valence-corrected chi connectivity index (χ3v) is 3.26. The van der Waals surface area contributed by atoms with Gasteiger partial charge in [-0.05, 0) is 17.5 Å². The van der Waals surface area contributed by atoms with Crippen molar-refractivity contribution >= 4 is 13.6 Å². The Morgan fingerprint density at radius 3 is 2.88 bits per heavy atom.